The Balaban J connectivity index is 0.000000115. The van der Waals surface area contributed by atoms with E-state index in [1.165, 1.54) is 97.1 Å². The third-order valence-corrected chi connectivity index (χ3v) is 22.9. The Hall–Kier alpha value is -17.6. The molecule has 0 saturated heterocycles. The van der Waals surface area contributed by atoms with Crippen molar-refractivity contribution in [2.45, 2.75) is 0 Å². The summed E-state index contributed by atoms with van der Waals surface area (Å²) in [6, 6.07) is 61.3. The second-order valence-electron chi connectivity index (χ2n) is 31.8. The molecule has 37 heteroatoms. The zero-order valence-corrected chi connectivity index (χ0v) is 72.1. The van der Waals surface area contributed by atoms with Gasteiger partial charge in [0.2, 0.25) is 0 Å². The van der Waals surface area contributed by atoms with Crippen LogP contribution in [0, 0.1) is 46.5 Å². The fraction of sp³-hybridized carbons (Fsp3) is 0. The van der Waals surface area contributed by atoms with E-state index in [1.54, 1.807) is 194 Å². The Morgan fingerprint density at radius 3 is 0.539 bits per heavy atom. The molecule has 4 N–H and O–H groups in total. The number of hydrogen-bond acceptors (Lipinski definition) is 8. The minimum Gasteiger partial charge on any atom is -0.355 e. The van der Waals surface area contributed by atoms with Gasteiger partial charge in [0, 0.05) is 83.5 Å². The van der Waals surface area contributed by atoms with Gasteiger partial charge in [0.05, 0.1) is 67.6 Å². The first-order chi connectivity index (χ1) is 67.6. The van der Waals surface area contributed by atoms with Gasteiger partial charge < -0.3 is 19.9 Å². The van der Waals surface area contributed by atoms with Crippen LogP contribution in [0.15, 0.2) is 243 Å². The summed E-state index contributed by atoms with van der Waals surface area (Å²) in [4.78, 5) is 43.3. The standard InChI is InChI=1S/4C26H13F5N4.Fe/c4*27-21-18-11-16-8-6-14(32-16)10-15-7-9-17(33-15)12-19-20(13-4-2-1-3-5-13)22(28)26(35(19)31)24(30)25(34-18)23(21)29;/h4*1-12,32H;. The Morgan fingerprint density at radius 2 is 0.355 bits per heavy atom. The van der Waals surface area contributed by atoms with Crippen LogP contribution in [0.4, 0.5) is 88.2 Å². The van der Waals surface area contributed by atoms with Crippen LogP contribution in [0.1, 0.15) is 91.1 Å². The first-order valence-corrected chi connectivity index (χ1v) is 41.9. The van der Waals surface area contributed by atoms with E-state index >= 15 is 53.0 Å². The quantitative estimate of drug-likeness (QED) is 0.0990. The number of halogens is 20. The summed E-state index contributed by atoms with van der Waals surface area (Å²) >= 11 is 0. The molecule has 0 fully saturated rings. The molecule has 0 radical (unpaired) electrons. The molecule has 24 rings (SSSR count). The van der Waals surface area contributed by atoms with Crippen molar-refractivity contribution in [3.63, 3.8) is 0 Å². The van der Waals surface area contributed by atoms with Crippen LogP contribution in [0.25, 0.3) is 228 Å². The molecule has 8 aliphatic heterocycles. The smallest absolute Gasteiger partial charge is 0.189 e. The number of hydrogen-bond donors (Lipinski definition) is 4. The van der Waals surface area contributed by atoms with Crippen molar-refractivity contribution in [2.75, 3.05) is 0 Å². The van der Waals surface area contributed by atoms with E-state index in [0.717, 1.165) is 0 Å². The molecular weight excluding hydrogens is 1910 g/mol. The van der Waals surface area contributed by atoms with Crippen molar-refractivity contribution in [3.8, 4) is 44.5 Å². The fourth-order valence-electron chi connectivity index (χ4n) is 16.5. The Morgan fingerprint density at radius 1 is 0.184 bits per heavy atom. The van der Waals surface area contributed by atoms with Crippen molar-refractivity contribution in [3.05, 3.63) is 380 Å². The maximum absolute atomic E-state index is 15.6. The van der Waals surface area contributed by atoms with Gasteiger partial charge in [-0.25, -0.2) is 110 Å². The number of nitrogens with one attached hydrogen (secondary N) is 4. The summed E-state index contributed by atoms with van der Waals surface area (Å²) in [5.41, 5.74) is -5.78. The molecule has 16 aromatic rings. The maximum atomic E-state index is 15.6. The van der Waals surface area contributed by atoms with Gasteiger partial charge in [-0.1, -0.05) is 139 Å². The van der Waals surface area contributed by atoms with E-state index in [-0.39, 0.29) is 126 Å². The summed E-state index contributed by atoms with van der Waals surface area (Å²) in [5.74, 6) is -24.2. The molecule has 0 saturated carbocycles. The number of H-pyrrole nitrogens is 4. The molecular formula is C104H52F20FeN16. The van der Waals surface area contributed by atoms with E-state index in [9.17, 15) is 35.1 Å². The zero-order chi connectivity index (χ0) is 97.1. The van der Waals surface area contributed by atoms with Crippen LogP contribution < -0.4 is 0 Å². The SMILES string of the molecule is FC1=C(F)c2nc1cc1ccc(cc3nc(cc4c(-c5ccccc5)c(F)c(c2F)n4F)C=C3)[nH]1.FC1=C(F)c2nc1cc1ccc(cc3nc(cc4c(-c5ccccc5)c(F)c(c2F)n4F)C=C3)[nH]1.FC1=C(F)c2nc1cc1ccc(cc3nc(cc4c(-c5ccccc5)c(F)c(c2F)n4F)C=C3)[nH]1.FC1=C(F)c2nc1cc1ccc(cc3nc(cc4c(-c5ccccc5)c(F)c(c2F)n4F)C=C3)[nH]1.[Fe]. The molecule has 0 amide bonds. The minimum atomic E-state index is -1.68. The molecule has 8 aliphatic rings. The van der Waals surface area contributed by atoms with Gasteiger partial charge in [-0.3, -0.25) is 0 Å². The van der Waals surface area contributed by atoms with Crippen molar-refractivity contribution >= 4 is 183 Å². The predicted octanol–water partition coefficient (Wildman–Crippen LogP) is 29.6. The molecule has 0 spiro atoms. The minimum absolute atomic E-state index is 0. The maximum Gasteiger partial charge on any atom is 0.189 e. The Labute approximate surface area is 788 Å². The molecule has 12 aromatic heterocycles. The van der Waals surface area contributed by atoms with Gasteiger partial charge in [-0.05, 0) is 192 Å². The molecule has 20 heterocycles. The molecule has 0 aliphatic carbocycles. The third-order valence-electron chi connectivity index (χ3n) is 22.9. The fourth-order valence-corrected chi connectivity index (χ4v) is 16.5. The van der Waals surface area contributed by atoms with Crippen LogP contribution in [-0.2, 0) is 17.1 Å². The van der Waals surface area contributed by atoms with E-state index in [0.29, 0.717) is 66.9 Å². The zero-order valence-electron chi connectivity index (χ0n) is 71.0. The number of rotatable bonds is 4. The Kier molecular flexibility index (Phi) is 23.6. The van der Waals surface area contributed by atoms with Crippen molar-refractivity contribution < 1.29 is 105 Å². The summed E-state index contributed by atoms with van der Waals surface area (Å²) < 4.78 is 304. The second kappa shape index (κ2) is 36.5. The van der Waals surface area contributed by atoms with E-state index < -0.39 is 161 Å². The monoisotopic (exact) mass is 1960 g/mol. The number of benzene rings is 4. The Bertz CT molecular complexity index is 8040. The molecule has 0 unspecified atom stereocenters. The normalized spacial score (nSPS) is 13.0. The van der Waals surface area contributed by atoms with Crippen LogP contribution >= 0.6 is 0 Å². The van der Waals surface area contributed by atoms with Crippen molar-refractivity contribution in [2.24, 2.45) is 0 Å². The van der Waals surface area contributed by atoms with Crippen LogP contribution in [-0.4, -0.2) is 79.0 Å². The van der Waals surface area contributed by atoms with Gasteiger partial charge in [0.15, 0.2) is 93.2 Å². The van der Waals surface area contributed by atoms with Gasteiger partial charge in [-0.15, -0.1) is 0 Å². The number of aromatic amines is 4. The molecule has 16 nitrogen and oxygen atoms in total. The average Bonchev–Trinajstić information content (AvgIpc) is 1.61. The molecule has 0 atom stereocenters. The van der Waals surface area contributed by atoms with Crippen LogP contribution in [0.3, 0.4) is 0 Å². The van der Waals surface area contributed by atoms with Crippen molar-refractivity contribution in [1.29, 1.82) is 0 Å². The van der Waals surface area contributed by atoms with E-state index in [2.05, 4.69) is 59.8 Å². The van der Waals surface area contributed by atoms with Gasteiger partial charge in [0.25, 0.3) is 0 Å². The van der Waals surface area contributed by atoms with Crippen LogP contribution in [0.5, 0.6) is 0 Å². The molecule has 696 valence electrons. The topological polar surface area (TPSA) is 186 Å². The summed E-state index contributed by atoms with van der Waals surface area (Å²) in [5, 5.41) is 0. The molecule has 141 heavy (non-hydrogen) atoms. The van der Waals surface area contributed by atoms with E-state index in [4.69, 9.17) is 0 Å². The summed E-state index contributed by atoms with van der Waals surface area (Å²) in [7, 11) is 0. The van der Waals surface area contributed by atoms with Gasteiger partial charge in [0.1, 0.15) is 67.6 Å². The second-order valence-corrected chi connectivity index (χ2v) is 31.8. The third kappa shape index (κ3) is 16.7. The summed E-state index contributed by atoms with van der Waals surface area (Å²) in [6.07, 6.45) is 13.1. The predicted molar refractivity (Wildman–Crippen MR) is 498 cm³/mol. The summed E-state index contributed by atoms with van der Waals surface area (Å²) in [6.45, 7) is 0. The number of aromatic nitrogens is 16. The molecule has 32 bridgehead atoms. The van der Waals surface area contributed by atoms with Gasteiger partial charge in [-0.2, -0.15) is 19.2 Å². The first kappa shape index (κ1) is 91.2. The van der Waals surface area contributed by atoms with Gasteiger partial charge >= 0.3 is 0 Å². The largest absolute Gasteiger partial charge is 0.355 e. The number of fused-ring (bicyclic) bond motifs is 32. The molecule has 4 aromatic carbocycles. The van der Waals surface area contributed by atoms with Crippen LogP contribution in [0.2, 0.25) is 0 Å². The van der Waals surface area contributed by atoms with E-state index in [1.807, 2.05) is 0 Å². The first-order valence-electron chi connectivity index (χ1n) is 41.9. The number of nitrogens with zero attached hydrogens (tertiary/aromatic N) is 12. The average molecular weight is 1960 g/mol. The van der Waals surface area contributed by atoms with Crippen molar-refractivity contribution in [1.82, 2.24) is 79.0 Å².